The Bertz CT molecular complexity index is 342. The van der Waals surface area contributed by atoms with Gasteiger partial charge in [-0.2, -0.15) is 0 Å². The highest BCUT2D eigenvalue weighted by atomic mass is 35.5. The summed E-state index contributed by atoms with van der Waals surface area (Å²) in [6, 6.07) is 3.32. The zero-order chi connectivity index (χ0) is 11.4. The fourth-order valence-electron chi connectivity index (χ4n) is 1.55. The molecule has 1 aromatic carbocycles. The number of benzene rings is 1. The van der Waals surface area contributed by atoms with Gasteiger partial charge in [0.2, 0.25) is 0 Å². The first-order valence-electron chi connectivity index (χ1n) is 4.88. The molecule has 84 valence electrons. The van der Waals surface area contributed by atoms with E-state index < -0.39 is 0 Å². The molecule has 1 unspecified atom stereocenters. The van der Waals surface area contributed by atoms with Crippen LogP contribution in [0.3, 0.4) is 0 Å². The van der Waals surface area contributed by atoms with Gasteiger partial charge in [-0.3, -0.25) is 0 Å². The van der Waals surface area contributed by atoms with Gasteiger partial charge in [-0.05, 0) is 18.6 Å². The molecule has 2 N–H and O–H groups in total. The third kappa shape index (κ3) is 3.00. The number of rotatable bonds is 4. The molecular weight excluding hydrogens is 233 g/mol. The van der Waals surface area contributed by atoms with E-state index in [1.807, 2.05) is 0 Å². The molecule has 15 heavy (non-hydrogen) atoms. The van der Waals surface area contributed by atoms with Crippen LogP contribution in [-0.2, 0) is 0 Å². The van der Waals surface area contributed by atoms with Gasteiger partial charge in [0.1, 0.15) is 5.75 Å². The van der Waals surface area contributed by atoms with Crippen LogP contribution in [0.2, 0.25) is 10.0 Å². The van der Waals surface area contributed by atoms with E-state index in [0.717, 1.165) is 18.4 Å². The van der Waals surface area contributed by atoms with Gasteiger partial charge in [0.15, 0.2) is 0 Å². The number of hydrogen-bond acceptors (Lipinski definition) is 2. The molecule has 1 atom stereocenters. The molecule has 0 saturated carbocycles. The van der Waals surface area contributed by atoms with Crippen LogP contribution in [0.25, 0.3) is 0 Å². The lowest BCUT2D eigenvalue weighted by atomic mass is 10.0. The van der Waals surface area contributed by atoms with Crippen molar-refractivity contribution in [1.29, 1.82) is 0 Å². The van der Waals surface area contributed by atoms with Crippen molar-refractivity contribution in [3.05, 3.63) is 27.7 Å². The first kappa shape index (κ1) is 12.6. The Morgan fingerprint density at radius 1 is 1.40 bits per heavy atom. The molecule has 0 bridgehead atoms. The summed E-state index contributed by atoms with van der Waals surface area (Å²) in [6.45, 7) is 2.08. The molecule has 1 rings (SSSR count). The molecular formula is C11H15Cl2NO. The van der Waals surface area contributed by atoms with Crippen LogP contribution in [0, 0.1) is 0 Å². The molecule has 0 aliphatic rings. The minimum absolute atomic E-state index is 0.102. The van der Waals surface area contributed by atoms with Crippen LogP contribution in [0.4, 0.5) is 0 Å². The predicted molar refractivity (Wildman–Crippen MR) is 64.9 cm³/mol. The standard InChI is InChI=1S/C11H15Cl2NO/c1-3-4-9(14)11-8(13)5-7(12)6-10(11)15-2/h5-6,9H,3-4,14H2,1-2H3. The largest absolute Gasteiger partial charge is 0.496 e. The van der Waals surface area contributed by atoms with Crippen molar-refractivity contribution in [2.24, 2.45) is 5.73 Å². The Morgan fingerprint density at radius 2 is 2.07 bits per heavy atom. The molecule has 0 radical (unpaired) electrons. The number of methoxy groups -OCH3 is 1. The highest BCUT2D eigenvalue weighted by Gasteiger charge is 2.16. The molecule has 0 heterocycles. The first-order chi connectivity index (χ1) is 7.10. The van der Waals surface area contributed by atoms with E-state index in [1.165, 1.54) is 0 Å². The topological polar surface area (TPSA) is 35.2 Å². The third-order valence-corrected chi connectivity index (χ3v) is 2.78. The fraction of sp³-hybridized carbons (Fsp3) is 0.455. The van der Waals surface area contributed by atoms with Crippen molar-refractivity contribution in [3.8, 4) is 5.75 Å². The van der Waals surface area contributed by atoms with Gasteiger partial charge in [0, 0.05) is 16.6 Å². The Hall–Kier alpha value is -0.440. The van der Waals surface area contributed by atoms with Crippen LogP contribution in [0.5, 0.6) is 5.75 Å². The smallest absolute Gasteiger partial charge is 0.126 e. The molecule has 0 aliphatic heterocycles. The summed E-state index contributed by atoms with van der Waals surface area (Å²) in [5, 5.41) is 1.13. The van der Waals surface area contributed by atoms with E-state index in [1.54, 1.807) is 19.2 Å². The molecule has 0 aromatic heterocycles. The molecule has 0 spiro atoms. The van der Waals surface area contributed by atoms with Crippen LogP contribution >= 0.6 is 23.2 Å². The molecule has 0 fully saturated rings. The van der Waals surface area contributed by atoms with Gasteiger partial charge in [0.25, 0.3) is 0 Å². The van der Waals surface area contributed by atoms with Crippen molar-refractivity contribution >= 4 is 23.2 Å². The Labute approximate surface area is 100 Å². The van der Waals surface area contributed by atoms with Crippen molar-refractivity contribution in [2.45, 2.75) is 25.8 Å². The number of ether oxygens (including phenoxy) is 1. The van der Waals surface area contributed by atoms with Crippen molar-refractivity contribution < 1.29 is 4.74 Å². The average Bonchev–Trinajstić information content (AvgIpc) is 2.16. The zero-order valence-corrected chi connectivity index (χ0v) is 10.4. The number of halogens is 2. The maximum absolute atomic E-state index is 6.10. The quantitative estimate of drug-likeness (QED) is 0.879. The summed E-state index contributed by atoms with van der Waals surface area (Å²) < 4.78 is 5.23. The Morgan fingerprint density at radius 3 is 2.60 bits per heavy atom. The first-order valence-corrected chi connectivity index (χ1v) is 5.64. The van der Waals surface area contributed by atoms with Crippen molar-refractivity contribution in [2.75, 3.05) is 7.11 Å². The van der Waals surface area contributed by atoms with Gasteiger partial charge in [-0.1, -0.05) is 36.5 Å². The van der Waals surface area contributed by atoms with Crippen molar-refractivity contribution in [3.63, 3.8) is 0 Å². The van der Waals surface area contributed by atoms with E-state index >= 15 is 0 Å². The van der Waals surface area contributed by atoms with Gasteiger partial charge in [-0.25, -0.2) is 0 Å². The predicted octanol–water partition coefficient (Wildman–Crippen LogP) is 3.80. The molecule has 4 heteroatoms. The average molecular weight is 248 g/mol. The molecule has 0 aliphatic carbocycles. The van der Waals surface area contributed by atoms with Gasteiger partial charge in [-0.15, -0.1) is 0 Å². The van der Waals surface area contributed by atoms with Gasteiger partial charge in [0.05, 0.1) is 12.1 Å². The molecule has 0 saturated heterocycles. The maximum Gasteiger partial charge on any atom is 0.126 e. The Balaban J connectivity index is 3.14. The highest BCUT2D eigenvalue weighted by Crippen LogP contribution is 2.35. The minimum atomic E-state index is -0.102. The number of hydrogen-bond donors (Lipinski definition) is 1. The lowest BCUT2D eigenvalue weighted by molar-refractivity contribution is 0.404. The van der Waals surface area contributed by atoms with Crippen LogP contribution < -0.4 is 10.5 Å². The Kier molecular flexibility index (Phi) is 4.71. The minimum Gasteiger partial charge on any atom is -0.496 e. The maximum atomic E-state index is 6.10. The summed E-state index contributed by atoms with van der Waals surface area (Å²) in [4.78, 5) is 0. The van der Waals surface area contributed by atoms with E-state index in [2.05, 4.69) is 6.92 Å². The molecule has 0 amide bonds. The van der Waals surface area contributed by atoms with E-state index in [4.69, 9.17) is 33.7 Å². The second kappa shape index (κ2) is 5.59. The number of nitrogens with two attached hydrogens (primary N) is 1. The summed E-state index contributed by atoms with van der Waals surface area (Å²) in [6.07, 6.45) is 1.88. The fourth-order valence-corrected chi connectivity index (χ4v) is 2.16. The monoisotopic (exact) mass is 247 g/mol. The van der Waals surface area contributed by atoms with Crippen LogP contribution in [-0.4, -0.2) is 7.11 Å². The second-order valence-corrected chi connectivity index (χ2v) is 4.24. The van der Waals surface area contributed by atoms with E-state index in [-0.39, 0.29) is 6.04 Å². The van der Waals surface area contributed by atoms with E-state index in [0.29, 0.717) is 15.8 Å². The molecule has 1 aromatic rings. The lowest BCUT2D eigenvalue weighted by Gasteiger charge is -2.17. The zero-order valence-electron chi connectivity index (χ0n) is 8.89. The highest BCUT2D eigenvalue weighted by molar-refractivity contribution is 6.35. The van der Waals surface area contributed by atoms with E-state index in [9.17, 15) is 0 Å². The van der Waals surface area contributed by atoms with Gasteiger partial charge < -0.3 is 10.5 Å². The third-order valence-electron chi connectivity index (χ3n) is 2.25. The summed E-state index contributed by atoms with van der Waals surface area (Å²) in [7, 11) is 1.59. The normalized spacial score (nSPS) is 12.6. The van der Waals surface area contributed by atoms with Crippen LogP contribution in [0.15, 0.2) is 12.1 Å². The van der Waals surface area contributed by atoms with Gasteiger partial charge >= 0.3 is 0 Å². The second-order valence-electron chi connectivity index (χ2n) is 3.40. The summed E-state index contributed by atoms with van der Waals surface area (Å²) in [5.74, 6) is 0.661. The van der Waals surface area contributed by atoms with Crippen LogP contribution in [0.1, 0.15) is 31.4 Å². The molecule has 2 nitrogen and oxygen atoms in total. The summed E-state index contributed by atoms with van der Waals surface area (Å²) >= 11 is 12.0. The SMILES string of the molecule is CCCC(N)c1c(Cl)cc(Cl)cc1OC. The van der Waals surface area contributed by atoms with Crippen molar-refractivity contribution in [1.82, 2.24) is 0 Å². The summed E-state index contributed by atoms with van der Waals surface area (Å²) in [5.41, 5.74) is 6.86. The lowest BCUT2D eigenvalue weighted by Crippen LogP contribution is -2.11.